The Hall–Kier alpha value is -1.56. The van der Waals surface area contributed by atoms with Gasteiger partial charge in [-0.2, -0.15) is 0 Å². The summed E-state index contributed by atoms with van der Waals surface area (Å²) >= 11 is 0. The van der Waals surface area contributed by atoms with Crippen molar-refractivity contribution in [2.75, 3.05) is 17.6 Å². The van der Waals surface area contributed by atoms with Crippen LogP contribution in [0.1, 0.15) is 27.2 Å². The number of hydrogen-bond acceptors (Lipinski definition) is 4. The lowest BCUT2D eigenvalue weighted by molar-refractivity contribution is -0.146. The van der Waals surface area contributed by atoms with Crippen LogP contribution in [0, 0.1) is 5.41 Å². The van der Waals surface area contributed by atoms with Gasteiger partial charge in [0.25, 0.3) is 0 Å². The number of carboxylic acid groups (broad SMARTS) is 1. The lowest BCUT2D eigenvalue weighted by atomic mass is 9.94. The molecule has 0 spiro atoms. The maximum absolute atomic E-state index is 11.9. The van der Waals surface area contributed by atoms with Crippen molar-refractivity contribution in [2.45, 2.75) is 32.1 Å². The first-order chi connectivity index (χ1) is 9.19. The molecule has 0 saturated carbocycles. The number of aliphatic carboxylic acids is 1. The number of nitrogens with one attached hydrogen (secondary N) is 1. The second-order valence-corrected chi connectivity index (χ2v) is 7.49. The molecule has 0 saturated heterocycles. The number of anilines is 1. The summed E-state index contributed by atoms with van der Waals surface area (Å²) in [5.74, 6) is -0.751. The van der Waals surface area contributed by atoms with Crippen molar-refractivity contribution in [2.24, 2.45) is 5.41 Å². The van der Waals surface area contributed by atoms with E-state index in [1.165, 1.54) is 0 Å². The van der Waals surface area contributed by atoms with Crippen LogP contribution in [0.2, 0.25) is 0 Å². The maximum Gasteiger partial charge on any atom is 0.310 e. The first-order valence-electron chi connectivity index (χ1n) is 6.49. The molecule has 0 aromatic heterocycles. The Balaban J connectivity index is 2.76. The molecule has 5 nitrogen and oxygen atoms in total. The van der Waals surface area contributed by atoms with Crippen LogP contribution in [-0.2, 0) is 14.6 Å². The zero-order valence-electron chi connectivity index (χ0n) is 12.0. The van der Waals surface area contributed by atoms with E-state index in [9.17, 15) is 13.2 Å². The third kappa shape index (κ3) is 4.23. The molecule has 20 heavy (non-hydrogen) atoms. The summed E-state index contributed by atoms with van der Waals surface area (Å²) in [7, 11) is -3.21. The van der Waals surface area contributed by atoms with Gasteiger partial charge in [0.15, 0.2) is 9.84 Å². The predicted molar refractivity (Wildman–Crippen MR) is 78.7 cm³/mol. The predicted octanol–water partition coefficient (Wildman–Crippen LogP) is 2.39. The van der Waals surface area contributed by atoms with Crippen molar-refractivity contribution < 1.29 is 18.3 Å². The van der Waals surface area contributed by atoms with Gasteiger partial charge in [-0.3, -0.25) is 4.79 Å². The molecule has 0 bridgehead atoms. The Labute approximate surface area is 119 Å². The fourth-order valence-corrected chi connectivity index (χ4v) is 2.89. The van der Waals surface area contributed by atoms with E-state index in [0.717, 1.165) is 0 Å². The molecule has 6 heteroatoms. The smallest absolute Gasteiger partial charge is 0.310 e. The number of carbonyl (C=O) groups is 1. The van der Waals surface area contributed by atoms with E-state index >= 15 is 0 Å². The summed E-state index contributed by atoms with van der Waals surface area (Å²) in [4.78, 5) is 11.3. The Kier molecular flexibility index (Phi) is 5.16. The highest BCUT2D eigenvalue weighted by Gasteiger charge is 2.26. The van der Waals surface area contributed by atoms with Gasteiger partial charge in [-0.05, 0) is 44.5 Å². The van der Waals surface area contributed by atoms with E-state index in [2.05, 4.69) is 5.32 Å². The Morgan fingerprint density at radius 2 is 1.80 bits per heavy atom. The molecule has 2 N–H and O–H groups in total. The van der Waals surface area contributed by atoms with Crippen molar-refractivity contribution >= 4 is 21.5 Å². The van der Waals surface area contributed by atoms with E-state index in [0.29, 0.717) is 17.0 Å². The fourth-order valence-electron chi connectivity index (χ4n) is 1.57. The van der Waals surface area contributed by atoms with Gasteiger partial charge in [-0.1, -0.05) is 6.92 Å². The Bertz CT molecular complexity index is 561. The molecule has 1 aromatic carbocycles. The van der Waals surface area contributed by atoms with E-state index in [4.69, 9.17) is 5.11 Å². The standard InChI is InChI=1S/C14H21NO4S/c1-4-9-20(18,19)12-7-5-11(6-8-12)15-10-14(2,3)13(16)17/h5-8,15H,4,9-10H2,1-3H3,(H,16,17). The monoisotopic (exact) mass is 299 g/mol. The zero-order valence-corrected chi connectivity index (χ0v) is 12.8. The van der Waals surface area contributed by atoms with Gasteiger partial charge in [0.05, 0.1) is 16.1 Å². The average molecular weight is 299 g/mol. The van der Waals surface area contributed by atoms with Crippen LogP contribution < -0.4 is 5.32 Å². The van der Waals surface area contributed by atoms with E-state index in [1.807, 2.05) is 6.92 Å². The van der Waals surface area contributed by atoms with Crippen LogP contribution in [0.15, 0.2) is 29.2 Å². The van der Waals surface area contributed by atoms with E-state index in [1.54, 1.807) is 38.1 Å². The molecular formula is C14H21NO4S. The summed E-state index contributed by atoms with van der Waals surface area (Å²) in [6.45, 7) is 5.34. The zero-order chi connectivity index (χ0) is 15.4. The van der Waals surface area contributed by atoms with Gasteiger partial charge >= 0.3 is 5.97 Å². The number of sulfone groups is 1. The van der Waals surface area contributed by atoms with Crippen LogP contribution in [0.5, 0.6) is 0 Å². The van der Waals surface area contributed by atoms with Crippen molar-refractivity contribution in [1.29, 1.82) is 0 Å². The molecule has 1 rings (SSSR count). The van der Waals surface area contributed by atoms with Gasteiger partial charge in [0.2, 0.25) is 0 Å². The molecule has 1 aromatic rings. The molecule has 0 aliphatic heterocycles. The minimum absolute atomic E-state index is 0.131. The average Bonchev–Trinajstić information content (AvgIpc) is 2.37. The minimum Gasteiger partial charge on any atom is -0.481 e. The first-order valence-corrected chi connectivity index (χ1v) is 8.14. The second kappa shape index (κ2) is 6.26. The highest BCUT2D eigenvalue weighted by molar-refractivity contribution is 7.91. The second-order valence-electron chi connectivity index (χ2n) is 5.39. The first kappa shape index (κ1) is 16.5. The molecule has 0 unspecified atom stereocenters. The minimum atomic E-state index is -3.21. The Morgan fingerprint density at radius 1 is 1.25 bits per heavy atom. The third-order valence-electron chi connectivity index (χ3n) is 3.00. The largest absolute Gasteiger partial charge is 0.481 e. The molecule has 0 heterocycles. The van der Waals surface area contributed by atoms with Gasteiger partial charge in [0.1, 0.15) is 0 Å². The van der Waals surface area contributed by atoms with Crippen molar-refractivity contribution in [3.63, 3.8) is 0 Å². The van der Waals surface area contributed by atoms with Crippen molar-refractivity contribution in [1.82, 2.24) is 0 Å². The van der Waals surface area contributed by atoms with Crippen LogP contribution in [-0.4, -0.2) is 31.8 Å². The number of rotatable bonds is 7. The molecule has 0 fully saturated rings. The molecule has 112 valence electrons. The summed E-state index contributed by atoms with van der Waals surface area (Å²) in [5, 5.41) is 12.0. The van der Waals surface area contributed by atoms with Gasteiger partial charge < -0.3 is 10.4 Å². The number of benzene rings is 1. The number of carboxylic acids is 1. The van der Waals surface area contributed by atoms with E-state index in [-0.39, 0.29) is 12.3 Å². The quantitative estimate of drug-likeness (QED) is 0.807. The Morgan fingerprint density at radius 3 is 2.25 bits per heavy atom. The lowest BCUT2D eigenvalue weighted by Gasteiger charge is -2.20. The fraction of sp³-hybridized carbons (Fsp3) is 0.500. The summed E-state index contributed by atoms with van der Waals surface area (Å²) < 4.78 is 23.7. The third-order valence-corrected chi connectivity index (χ3v) is 4.94. The molecular weight excluding hydrogens is 278 g/mol. The van der Waals surface area contributed by atoms with Gasteiger partial charge in [-0.15, -0.1) is 0 Å². The summed E-state index contributed by atoms with van der Waals surface area (Å²) in [6.07, 6.45) is 0.579. The van der Waals surface area contributed by atoms with Gasteiger partial charge in [-0.25, -0.2) is 8.42 Å². The SMILES string of the molecule is CCCS(=O)(=O)c1ccc(NCC(C)(C)C(=O)O)cc1. The normalized spacial score (nSPS) is 12.2. The molecule has 0 radical (unpaired) electrons. The van der Waals surface area contributed by atoms with Gasteiger partial charge in [0, 0.05) is 12.2 Å². The topological polar surface area (TPSA) is 83.5 Å². The van der Waals surface area contributed by atoms with E-state index < -0.39 is 21.2 Å². The summed E-state index contributed by atoms with van der Waals surface area (Å²) in [6, 6.07) is 6.39. The molecule has 0 aliphatic carbocycles. The number of hydrogen-bond donors (Lipinski definition) is 2. The highest BCUT2D eigenvalue weighted by atomic mass is 32.2. The highest BCUT2D eigenvalue weighted by Crippen LogP contribution is 2.19. The molecule has 0 amide bonds. The van der Waals surface area contributed by atoms with Crippen LogP contribution in [0.25, 0.3) is 0 Å². The lowest BCUT2D eigenvalue weighted by Crippen LogP contribution is -2.31. The maximum atomic E-state index is 11.9. The molecule has 0 aliphatic rings. The van der Waals surface area contributed by atoms with Crippen LogP contribution in [0.3, 0.4) is 0 Å². The summed E-state index contributed by atoms with van der Waals surface area (Å²) in [5.41, 5.74) is -0.178. The van der Waals surface area contributed by atoms with Crippen LogP contribution >= 0.6 is 0 Å². The molecule has 0 atom stereocenters. The van der Waals surface area contributed by atoms with Crippen molar-refractivity contribution in [3.05, 3.63) is 24.3 Å². The van der Waals surface area contributed by atoms with Crippen LogP contribution in [0.4, 0.5) is 5.69 Å². The van der Waals surface area contributed by atoms with Crippen molar-refractivity contribution in [3.8, 4) is 0 Å².